The van der Waals surface area contributed by atoms with Crippen LogP contribution in [0.4, 0.5) is 11.4 Å². The second-order valence-corrected chi connectivity index (χ2v) is 6.16. The number of nitrogens with two attached hydrogens (primary N) is 1. The average Bonchev–Trinajstić information content (AvgIpc) is 2.47. The lowest BCUT2D eigenvalue weighted by atomic mass is 10.1. The molecule has 0 bridgehead atoms. The number of benzene rings is 2. The summed E-state index contributed by atoms with van der Waals surface area (Å²) < 4.78 is 22.4. The fraction of sp³-hybridized carbons (Fsp3) is 0. The predicted octanol–water partition coefficient (Wildman–Crippen LogP) is 2.63. The second-order valence-electron chi connectivity index (χ2n) is 4.60. The molecule has 0 aliphatic rings. The Morgan fingerprint density at radius 3 is 2.38 bits per heavy atom. The molecule has 3 N–H and O–H groups in total. The van der Waals surface area contributed by atoms with Crippen LogP contribution in [0.25, 0.3) is 10.8 Å². The summed E-state index contributed by atoms with van der Waals surface area (Å²) in [7, 11) is -3.67. The molecular formula is C15H13N3O2S. The number of sulfonamides is 1. The zero-order chi connectivity index (χ0) is 14.9. The van der Waals surface area contributed by atoms with Crippen LogP contribution < -0.4 is 10.5 Å². The molecule has 21 heavy (non-hydrogen) atoms. The molecule has 6 heteroatoms. The van der Waals surface area contributed by atoms with E-state index in [9.17, 15) is 8.42 Å². The molecule has 1 heterocycles. The van der Waals surface area contributed by atoms with Gasteiger partial charge in [-0.05, 0) is 24.3 Å². The van der Waals surface area contributed by atoms with E-state index in [0.29, 0.717) is 0 Å². The Labute approximate surface area is 122 Å². The van der Waals surface area contributed by atoms with E-state index in [4.69, 9.17) is 5.14 Å². The first-order valence-corrected chi connectivity index (χ1v) is 7.81. The zero-order valence-corrected chi connectivity index (χ0v) is 11.8. The van der Waals surface area contributed by atoms with Crippen molar-refractivity contribution in [2.45, 2.75) is 4.90 Å². The minimum Gasteiger partial charge on any atom is -0.354 e. The number of pyridine rings is 1. The minimum absolute atomic E-state index is 0.0871. The molecule has 0 amide bonds. The normalized spacial score (nSPS) is 11.5. The van der Waals surface area contributed by atoms with Crippen molar-refractivity contribution in [1.82, 2.24) is 4.98 Å². The molecule has 0 saturated carbocycles. The van der Waals surface area contributed by atoms with Crippen molar-refractivity contribution in [1.29, 1.82) is 0 Å². The van der Waals surface area contributed by atoms with Crippen LogP contribution in [0, 0.1) is 0 Å². The maximum atomic E-state index is 11.2. The summed E-state index contributed by atoms with van der Waals surface area (Å²) in [6, 6.07) is 14.2. The van der Waals surface area contributed by atoms with Crippen LogP contribution in [-0.4, -0.2) is 13.4 Å². The van der Waals surface area contributed by atoms with Gasteiger partial charge in [0.2, 0.25) is 10.0 Å². The molecule has 0 saturated heterocycles. The summed E-state index contributed by atoms with van der Waals surface area (Å²) in [5, 5.41) is 10.4. The molecule has 2 aromatic carbocycles. The maximum absolute atomic E-state index is 11.2. The van der Waals surface area contributed by atoms with Gasteiger partial charge in [-0.25, -0.2) is 13.6 Å². The summed E-state index contributed by atoms with van der Waals surface area (Å²) in [5.41, 5.74) is 1.62. The summed E-state index contributed by atoms with van der Waals surface area (Å²) in [6.07, 6.45) is 3.53. The second kappa shape index (κ2) is 5.16. The summed E-state index contributed by atoms with van der Waals surface area (Å²) in [4.78, 5) is 4.27. The Hall–Kier alpha value is -2.44. The van der Waals surface area contributed by atoms with E-state index in [2.05, 4.69) is 10.3 Å². The van der Waals surface area contributed by atoms with Crippen molar-refractivity contribution in [3.05, 3.63) is 60.9 Å². The van der Waals surface area contributed by atoms with Gasteiger partial charge in [0.05, 0.1) is 16.8 Å². The first-order valence-electron chi connectivity index (χ1n) is 6.27. The van der Waals surface area contributed by atoms with Crippen LogP contribution in [-0.2, 0) is 10.0 Å². The Morgan fingerprint density at radius 2 is 1.67 bits per heavy atom. The van der Waals surface area contributed by atoms with E-state index in [1.54, 1.807) is 24.5 Å². The molecule has 0 atom stereocenters. The smallest absolute Gasteiger partial charge is 0.238 e. The molecule has 0 unspecified atom stereocenters. The van der Waals surface area contributed by atoms with Crippen LogP contribution in [0.5, 0.6) is 0 Å². The van der Waals surface area contributed by atoms with Crippen molar-refractivity contribution in [3.63, 3.8) is 0 Å². The molecular weight excluding hydrogens is 286 g/mol. The third-order valence-corrected chi connectivity index (χ3v) is 4.06. The van der Waals surface area contributed by atoms with Gasteiger partial charge in [0.25, 0.3) is 0 Å². The van der Waals surface area contributed by atoms with Gasteiger partial charge >= 0.3 is 0 Å². The van der Waals surface area contributed by atoms with Crippen LogP contribution in [0.2, 0.25) is 0 Å². The molecule has 0 radical (unpaired) electrons. The molecule has 3 rings (SSSR count). The summed E-state index contributed by atoms with van der Waals surface area (Å²) in [6.45, 7) is 0. The Bertz CT molecular complexity index is 885. The molecule has 3 aromatic rings. The Balaban J connectivity index is 1.96. The largest absolute Gasteiger partial charge is 0.354 e. The highest BCUT2D eigenvalue weighted by atomic mass is 32.2. The molecule has 5 nitrogen and oxygen atoms in total. The number of primary sulfonamides is 1. The quantitative estimate of drug-likeness (QED) is 0.778. The fourth-order valence-corrected chi connectivity index (χ4v) is 2.62. The van der Waals surface area contributed by atoms with E-state index in [1.165, 1.54) is 12.1 Å². The van der Waals surface area contributed by atoms with Gasteiger partial charge in [-0.1, -0.05) is 24.3 Å². The zero-order valence-electron chi connectivity index (χ0n) is 11.0. The molecule has 106 valence electrons. The number of anilines is 2. The SMILES string of the molecule is NS(=O)(=O)c1ccc(Nc2cncc3ccccc23)cc1. The first-order chi connectivity index (χ1) is 10.0. The number of nitrogens with zero attached hydrogens (tertiary/aromatic N) is 1. The average molecular weight is 299 g/mol. The van der Waals surface area contributed by atoms with Gasteiger partial charge in [-0.15, -0.1) is 0 Å². The number of rotatable bonds is 3. The monoisotopic (exact) mass is 299 g/mol. The van der Waals surface area contributed by atoms with Crippen molar-refractivity contribution >= 4 is 32.2 Å². The van der Waals surface area contributed by atoms with Crippen LogP contribution in [0.3, 0.4) is 0 Å². The van der Waals surface area contributed by atoms with E-state index in [1.807, 2.05) is 24.3 Å². The molecule has 0 spiro atoms. The molecule has 0 fully saturated rings. The van der Waals surface area contributed by atoms with Crippen molar-refractivity contribution < 1.29 is 8.42 Å². The maximum Gasteiger partial charge on any atom is 0.238 e. The number of fused-ring (bicyclic) bond motifs is 1. The van der Waals surface area contributed by atoms with Gasteiger partial charge in [0.15, 0.2) is 0 Å². The Morgan fingerprint density at radius 1 is 0.952 bits per heavy atom. The minimum atomic E-state index is -3.67. The van der Waals surface area contributed by atoms with Gasteiger partial charge < -0.3 is 5.32 Å². The lowest BCUT2D eigenvalue weighted by Gasteiger charge is -2.09. The van der Waals surface area contributed by atoms with E-state index in [-0.39, 0.29) is 4.90 Å². The van der Waals surface area contributed by atoms with Gasteiger partial charge in [0, 0.05) is 22.7 Å². The number of aromatic nitrogens is 1. The molecule has 1 aromatic heterocycles. The number of nitrogens with one attached hydrogen (secondary N) is 1. The van der Waals surface area contributed by atoms with Crippen molar-refractivity contribution in [2.75, 3.05) is 5.32 Å². The van der Waals surface area contributed by atoms with E-state index >= 15 is 0 Å². The summed E-state index contributed by atoms with van der Waals surface area (Å²) in [5.74, 6) is 0. The number of hydrogen-bond acceptors (Lipinski definition) is 4. The lowest BCUT2D eigenvalue weighted by molar-refractivity contribution is 0.598. The Kier molecular flexibility index (Phi) is 3.32. The third kappa shape index (κ3) is 2.86. The lowest BCUT2D eigenvalue weighted by Crippen LogP contribution is -2.11. The van der Waals surface area contributed by atoms with Crippen molar-refractivity contribution in [2.24, 2.45) is 5.14 Å². The van der Waals surface area contributed by atoms with Crippen LogP contribution in [0.15, 0.2) is 65.8 Å². The predicted molar refractivity (Wildman–Crippen MR) is 82.8 cm³/mol. The highest BCUT2D eigenvalue weighted by Crippen LogP contribution is 2.25. The standard InChI is InChI=1S/C15H13N3O2S/c16-21(19,20)13-7-5-12(6-8-13)18-15-10-17-9-11-3-1-2-4-14(11)15/h1-10,18H,(H2,16,19,20). The molecule has 0 aliphatic heterocycles. The fourth-order valence-electron chi connectivity index (χ4n) is 2.10. The van der Waals surface area contributed by atoms with E-state index < -0.39 is 10.0 Å². The first kappa shape index (κ1) is 13.5. The van der Waals surface area contributed by atoms with Crippen molar-refractivity contribution in [3.8, 4) is 0 Å². The van der Waals surface area contributed by atoms with Gasteiger partial charge in [-0.3, -0.25) is 4.98 Å². The summed E-state index contributed by atoms with van der Waals surface area (Å²) >= 11 is 0. The topological polar surface area (TPSA) is 85.1 Å². The number of hydrogen-bond donors (Lipinski definition) is 2. The van der Waals surface area contributed by atoms with Gasteiger partial charge in [0.1, 0.15) is 0 Å². The third-order valence-electron chi connectivity index (χ3n) is 3.13. The van der Waals surface area contributed by atoms with Crippen LogP contribution >= 0.6 is 0 Å². The molecule has 0 aliphatic carbocycles. The highest BCUT2D eigenvalue weighted by Gasteiger charge is 2.07. The van der Waals surface area contributed by atoms with E-state index in [0.717, 1.165) is 22.1 Å². The highest BCUT2D eigenvalue weighted by molar-refractivity contribution is 7.89. The van der Waals surface area contributed by atoms with Crippen LogP contribution in [0.1, 0.15) is 0 Å². The van der Waals surface area contributed by atoms with Gasteiger partial charge in [-0.2, -0.15) is 0 Å².